The van der Waals surface area contributed by atoms with Crippen molar-refractivity contribution in [3.8, 4) is 11.5 Å². The van der Waals surface area contributed by atoms with E-state index in [4.69, 9.17) is 9.47 Å². The molecule has 0 aliphatic carbocycles. The number of aryl methyl sites for hydroxylation is 1. The van der Waals surface area contributed by atoms with E-state index in [-0.39, 0.29) is 11.9 Å². The number of benzene rings is 1. The molecule has 2 aliphatic rings. The van der Waals surface area contributed by atoms with Crippen molar-refractivity contribution in [1.82, 2.24) is 15.2 Å². The fourth-order valence-corrected chi connectivity index (χ4v) is 3.93. The van der Waals surface area contributed by atoms with Gasteiger partial charge >= 0.3 is 0 Å². The monoisotopic (exact) mass is 395 g/mol. The summed E-state index contributed by atoms with van der Waals surface area (Å²) in [5, 5.41) is 3.17. The van der Waals surface area contributed by atoms with Crippen LogP contribution in [0.5, 0.6) is 11.5 Å². The number of rotatable bonds is 7. The molecular formula is C23H29N3O3. The highest BCUT2D eigenvalue weighted by Gasteiger charge is 2.31. The van der Waals surface area contributed by atoms with E-state index in [1.807, 2.05) is 18.2 Å². The number of likely N-dealkylation sites (tertiary alicyclic amines) is 1. The number of carbonyl (C=O) groups excluding carboxylic acids is 1. The summed E-state index contributed by atoms with van der Waals surface area (Å²) in [7, 11) is 0. The van der Waals surface area contributed by atoms with Gasteiger partial charge in [-0.1, -0.05) is 17.7 Å². The van der Waals surface area contributed by atoms with Crippen LogP contribution in [0.4, 0.5) is 0 Å². The third-order valence-corrected chi connectivity index (χ3v) is 5.68. The summed E-state index contributed by atoms with van der Waals surface area (Å²) < 4.78 is 11.5. The molecular weight excluding hydrogens is 366 g/mol. The average molecular weight is 396 g/mol. The second-order valence-corrected chi connectivity index (χ2v) is 7.93. The number of ether oxygens (including phenoxy) is 2. The molecule has 6 heteroatoms. The first-order valence-corrected chi connectivity index (χ1v) is 10.5. The largest absolute Gasteiger partial charge is 0.494 e. The molecule has 1 N–H and O–H groups in total. The molecule has 0 saturated carbocycles. The zero-order chi connectivity index (χ0) is 20.1. The number of piperidine rings is 1. The SMILES string of the molecule is Cc1ccc(OCCCN2CCC(NC(=O)C3Cc4ccncc4O3)CC2)cc1. The Balaban J connectivity index is 1.12. The van der Waals surface area contributed by atoms with Crippen molar-refractivity contribution in [2.75, 3.05) is 26.2 Å². The topological polar surface area (TPSA) is 63.7 Å². The van der Waals surface area contributed by atoms with Gasteiger partial charge in [-0.05, 0) is 44.4 Å². The molecule has 0 spiro atoms. The first-order chi connectivity index (χ1) is 14.2. The molecule has 1 atom stereocenters. The second kappa shape index (κ2) is 9.27. The van der Waals surface area contributed by atoms with Crippen LogP contribution in [0.3, 0.4) is 0 Å². The summed E-state index contributed by atoms with van der Waals surface area (Å²) in [4.78, 5) is 19.1. The summed E-state index contributed by atoms with van der Waals surface area (Å²) >= 11 is 0. The van der Waals surface area contributed by atoms with E-state index in [2.05, 4.69) is 34.3 Å². The van der Waals surface area contributed by atoms with Gasteiger partial charge in [0.05, 0.1) is 12.8 Å². The predicted molar refractivity (Wildman–Crippen MR) is 111 cm³/mol. The normalized spacial score (nSPS) is 19.4. The lowest BCUT2D eigenvalue weighted by Crippen LogP contribution is -2.48. The Morgan fingerprint density at radius 3 is 2.79 bits per heavy atom. The van der Waals surface area contributed by atoms with Crippen LogP contribution in [0.15, 0.2) is 42.7 Å². The highest BCUT2D eigenvalue weighted by atomic mass is 16.5. The van der Waals surface area contributed by atoms with Crippen molar-refractivity contribution in [3.63, 3.8) is 0 Å². The molecule has 0 radical (unpaired) electrons. The van der Waals surface area contributed by atoms with Gasteiger partial charge in [0.25, 0.3) is 5.91 Å². The second-order valence-electron chi connectivity index (χ2n) is 7.93. The molecule has 3 heterocycles. The third-order valence-electron chi connectivity index (χ3n) is 5.68. The van der Waals surface area contributed by atoms with Gasteiger partial charge in [0.2, 0.25) is 0 Å². The van der Waals surface area contributed by atoms with Gasteiger partial charge in [-0.15, -0.1) is 0 Å². The van der Waals surface area contributed by atoms with Crippen LogP contribution in [0, 0.1) is 6.92 Å². The van der Waals surface area contributed by atoms with Crippen LogP contribution >= 0.6 is 0 Å². The number of aromatic nitrogens is 1. The van der Waals surface area contributed by atoms with Crippen LogP contribution in [-0.2, 0) is 11.2 Å². The lowest BCUT2D eigenvalue weighted by molar-refractivity contribution is -0.128. The van der Waals surface area contributed by atoms with Gasteiger partial charge in [0.15, 0.2) is 6.10 Å². The highest BCUT2D eigenvalue weighted by Crippen LogP contribution is 2.27. The number of nitrogens with one attached hydrogen (secondary N) is 1. The van der Waals surface area contributed by atoms with E-state index in [1.54, 1.807) is 12.4 Å². The van der Waals surface area contributed by atoms with Gasteiger partial charge in [-0.3, -0.25) is 9.78 Å². The number of hydrogen-bond donors (Lipinski definition) is 1. The zero-order valence-electron chi connectivity index (χ0n) is 17.0. The molecule has 1 amide bonds. The smallest absolute Gasteiger partial charge is 0.261 e. The number of carbonyl (C=O) groups is 1. The quantitative estimate of drug-likeness (QED) is 0.731. The summed E-state index contributed by atoms with van der Waals surface area (Å²) in [6, 6.07) is 10.3. The van der Waals surface area contributed by atoms with Crippen molar-refractivity contribution in [1.29, 1.82) is 0 Å². The van der Waals surface area contributed by atoms with Crippen LogP contribution in [-0.4, -0.2) is 54.2 Å². The van der Waals surface area contributed by atoms with Gasteiger partial charge in [0.1, 0.15) is 11.5 Å². The van der Waals surface area contributed by atoms with Crippen molar-refractivity contribution in [3.05, 3.63) is 53.9 Å². The molecule has 29 heavy (non-hydrogen) atoms. The number of nitrogens with zero attached hydrogens (tertiary/aromatic N) is 2. The summed E-state index contributed by atoms with van der Waals surface area (Å²) in [6.07, 6.45) is 6.59. The van der Waals surface area contributed by atoms with Crippen molar-refractivity contribution in [2.24, 2.45) is 0 Å². The highest BCUT2D eigenvalue weighted by molar-refractivity contribution is 5.82. The Bertz CT molecular complexity index is 791. The molecule has 0 bridgehead atoms. The van der Waals surface area contributed by atoms with E-state index < -0.39 is 6.10 Å². The maximum atomic E-state index is 12.5. The minimum absolute atomic E-state index is 0.00820. The summed E-state index contributed by atoms with van der Waals surface area (Å²) in [5.74, 6) is 1.66. The average Bonchev–Trinajstić information content (AvgIpc) is 3.18. The third kappa shape index (κ3) is 5.26. The zero-order valence-corrected chi connectivity index (χ0v) is 17.0. The van der Waals surface area contributed by atoms with Crippen LogP contribution in [0.2, 0.25) is 0 Å². The van der Waals surface area contributed by atoms with E-state index in [0.717, 1.165) is 62.6 Å². The van der Waals surface area contributed by atoms with E-state index in [1.165, 1.54) is 5.56 Å². The Hall–Kier alpha value is -2.60. The number of amides is 1. The van der Waals surface area contributed by atoms with Gasteiger partial charge < -0.3 is 19.7 Å². The molecule has 1 aromatic heterocycles. The molecule has 1 unspecified atom stereocenters. The molecule has 154 valence electrons. The lowest BCUT2D eigenvalue weighted by Gasteiger charge is -2.32. The van der Waals surface area contributed by atoms with E-state index >= 15 is 0 Å². The Morgan fingerprint density at radius 1 is 1.24 bits per heavy atom. The Morgan fingerprint density at radius 2 is 2.03 bits per heavy atom. The number of hydrogen-bond acceptors (Lipinski definition) is 5. The Kier molecular flexibility index (Phi) is 6.30. The molecule has 4 rings (SSSR count). The van der Waals surface area contributed by atoms with Crippen molar-refractivity contribution >= 4 is 5.91 Å². The minimum Gasteiger partial charge on any atom is -0.494 e. The molecule has 2 aliphatic heterocycles. The lowest BCUT2D eigenvalue weighted by atomic mass is 10.0. The molecule has 2 aromatic rings. The van der Waals surface area contributed by atoms with Crippen molar-refractivity contribution in [2.45, 2.75) is 44.8 Å². The van der Waals surface area contributed by atoms with Gasteiger partial charge in [-0.2, -0.15) is 0 Å². The Labute approximate surface area is 172 Å². The van der Waals surface area contributed by atoms with Crippen LogP contribution in [0.1, 0.15) is 30.4 Å². The molecule has 1 saturated heterocycles. The van der Waals surface area contributed by atoms with Crippen molar-refractivity contribution < 1.29 is 14.3 Å². The van der Waals surface area contributed by atoms with Crippen LogP contribution in [0.25, 0.3) is 0 Å². The van der Waals surface area contributed by atoms with E-state index in [0.29, 0.717) is 6.42 Å². The molecule has 1 aromatic carbocycles. The number of pyridine rings is 1. The maximum absolute atomic E-state index is 12.5. The first kappa shape index (κ1) is 19.7. The predicted octanol–water partition coefficient (Wildman–Crippen LogP) is 2.74. The van der Waals surface area contributed by atoms with Gasteiger partial charge in [0, 0.05) is 43.9 Å². The fourth-order valence-electron chi connectivity index (χ4n) is 3.93. The summed E-state index contributed by atoms with van der Waals surface area (Å²) in [5.41, 5.74) is 2.30. The summed E-state index contributed by atoms with van der Waals surface area (Å²) in [6.45, 7) is 5.85. The first-order valence-electron chi connectivity index (χ1n) is 10.5. The number of fused-ring (bicyclic) bond motifs is 1. The van der Waals surface area contributed by atoms with E-state index in [9.17, 15) is 4.79 Å². The molecule has 1 fully saturated rings. The van der Waals surface area contributed by atoms with Gasteiger partial charge in [-0.25, -0.2) is 0 Å². The fraction of sp³-hybridized carbons (Fsp3) is 0.478. The van der Waals surface area contributed by atoms with Crippen LogP contribution < -0.4 is 14.8 Å². The molecule has 6 nitrogen and oxygen atoms in total. The minimum atomic E-state index is -0.425. The maximum Gasteiger partial charge on any atom is 0.261 e. The standard InChI is InChI=1S/C23H29N3O3/c1-17-3-5-20(6-4-17)28-14-2-11-26-12-8-19(9-13-26)25-23(27)21-15-18-7-10-24-16-22(18)29-21/h3-7,10,16,19,21H,2,8-9,11-15H2,1H3,(H,25,27).